The first-order valence-corrected chi connectivity index (χ1v) is 6.64. The van der Waals surface area contributed by atoms with Crippen LogP contribution in [0.15, 0.2) is 36.4 Å². The number of nitrogens with one attached hydrogen (secondary N) is 1. The van der Waals surface area contributed by atoms with Crippen LogP contribution in [-0.2, 0) is 6.42 Å². The number of rotatable bonds is 7. The second-order valence-electron chi connectivity index (χ2n) is 4.72. The molecule has 0 aromatic heterocycles. The van der Waals surface area contributed by atoms with E-state index in [-0.39, 0.29) is 0 Å². The van der Waals surface area contributed by atoms with Gasteiger partial charge in [0.25, 0.3) is 0 Å². The van der Waals surface area contributed by atoms with Crippen molar-refractivity contribution in [1.29, 1.82) is 0 Å². The molecule has 1 heteroatoms. The zero-order valence-electron chi connectivity index (χ0n) is 11.4. The lowest BCUT2D eigenvalue weighted by Gasteiger charge is -2.21. The fourth-order valence-electron chi connectivity index (χ4n) is 2.16. The minimum absolute atomic E-state index is 0.420. The summed E-state index contributed by atoms with van der Waals surface area (Å²) in [4.78, 5) is 0. The van der Waals surface area contributed by atoms with Gasteiger partial charge in [0.1, 0.15) is 0 Å². The van der Waals surface area contributed by atoms with E-state index in [1.807, 2.05) is 0 Å². The molecule has 1 atom stereocenters. The molecule has 0 aliphatic rings. The van der Waals surface area contributed by atoms with Gasteiger partial charge < -0.3 is 5.32 Å². The summed E-state index contributed by atoms with van der Waals surface area (Å²) in [6.45, 7) is 11.6. The van der Waals surface area contributed by atoms with E-state index in [4.69, 9.17) is 0 Å². The molecule has 0 spiro atoms. The topological polar surface area (TPSA) is 12.0 Å². The molecule has 0 saturated carbocycles. The molecule has 0 amide bonds. The molecule has 0 bridgehead atoms. The number of benzene rings is 1. The van der Waals surface area contributed by atoms with Crippen molar-refractivity contribution in [2.24, 2.45) is 0 Å². The third kappa shape index (κ3) is 4.35. The van der Waals surface area contributed by atoms with Crippen molar-refractivity contribution in [2.75, 3.05) is 6.54 Å². The lowest BCUT2D eigenvalue weighted by Crippen LogP contribution is -2.23. The quantitative estimate of drug-likeness (QED) is 0.692. The number of hydrogen-bond acceptors (Lipinski definition) is 1. The van der Waals surface area contributed by atoms with Gasteiger partial charge in [0.15, 0.2) is 0 Å². The Bertz CT molecular complexity index is 354. The Morgan fingerprint density at radius 3 is 2.59 bits per heavy atom. The van der Waals surface area contributed by atoms with Crippen LogP contribution in [0.2, 0.25) is 0 Å². The molecule has 1 aromatic carbocycles. The van der Waals surface area contributed by atoms with E-state index < -0.39 is 0 Å². The van der Waals surface area contributed by atoms with Crippen molar-refractivity contribution in [3.63, 3.8) is 0 Å². The fourth-order valence-corrected chi connectivity index (χ4v) is 2.16. The highest BCUT2D eigenvalue weighted by molar-refractivity contribution is 5.30. The lowest BCUT2D eigenvalue weighted by atomic mass is 9.94. The highest BCUT2D eigenvalue weighted by Crippen LogP contribution is 2.24. The van der Waals surface area contributed by atoms with Crippen molar-refractivity contribution in [1.82, 2.24) is 5.32 Å². The fraction of sp³-hybridized carbons (Fsp3) is 0.500. The summed E-state index contributed by atoms with van der Waals surface area (Å²) in [6, 6.07) is 9.15. The van der Waals surface area contributed by atoms with E-state index in [0.717, 1.165) is 19.4 Å². The molecule has 0 aliphatic heterocycles. The molecule has 1 N–H and O–H groups in total. The maximum Gasteiger partial charge on any atom is 0.0360 e. The van der Waals surface area contributed by atoms with Crippen LogP contribution in [0, 0.1) is 0 Å². The minimum Gasteiger partial charge on any atom is -0.310 e. The lowest BCUT2D eigenvalue weighted by molar-refractivity contribution is 0.524. The summed E-state index contributed by atoms with van der Waals surface area (Å²) in [6.07, 6.45) is 3.29. The van der Waals surface area contributed by atoms with Gasteiger partial charge in [-0.2, -0.15) is 0 Å². The smallest absolute Gasteiger partial charge is 0.0360 e. The van der Waals surface area contributed by atoms with Gasteiger partial charge in [0.05, 0.1) is 0 Å². The average molecular weight is 231 g/mol. The van der Waals surface area contributed by atoms with Crippen molar-refractivity contribution >= 4 is 0 Å². The molecule has 0 heterocycles. The van der Waals surface area contributed by atoms with Crippen molar-refractivity contribution in [2.45, 2.75) is 46.1 Å². The summed E-state index contributed by atoms with van der Waals surface area (Å²) in [5.74, 6) is 0. The molecule has 17 heavy (non-hydrogen) atoms. The molecular weight excluding hydrogens is 206 g/mol. The Balaban J connectivity index is 2.90. The van der Waals surface area contributed by atoms with Gasteiger partial charge in [-0.25, -0.2) is 0 Å². The van der Waals surface area contributed by atoms with E-state index in [0.29, 0.717) is 6.04 Å². The van der Waals surface area contributed by atoms with Gasteiger partial charge in [0, 0.05) is 6.04 Å². The van der Waals surface area contributed by atoms with Gasteiger partial charge in [-0.15, -0.1) is 6.58 Å². The van der Waals surface area contributed by atoms with Gasteiger partial charge in [-0.3, -0.25) is 0 Å². The van der Waals surface area contributed by atoms with E-state index >= 15 is 0 Å². The Labute approximate surface area is 106 Å². The number of hydrogen-bond donors (Lipinski definition) is 1. The third-order valence-electron chi connectivity index (χ3n) is 3.00. The van der Waals surface area contributed by atoms with Gasteiger partial charge in [0.2, 0.25) is 0 Å². The molecule has 1 aromatic rings. The maximum absolute atomic E-state index is 4.04. The van der Waals surface area contributed by atoms with Crippen LogP contribution >= 0.6 is 0 Å². The van der Waals surface area contributed by atoms with Crippen LogP contribution in [0.25, 0.3) is 0 Å². The Kier molecular flexibility index (Phi) is 5.99. The van der Waals surface area contributed by atoms with Crippen molar-refractivity contribution < 1.29 is 0 Å². The second-order valence-corrected chi connectivity index (χ2v) is 4.72. The summed E-state index contributed by atoms with van der Waals surface area (Å²) >= 11 is 0. The van der Waals surface area contributed by atoms with Crippen LogP contribution in [0.5, 0.6) is 0 Å². The van der Waals surface area contributed by atoms with E-state index in [2.05, 4.69) is 56.9 Å². The Hall–Kier alpha value is -1.08. The highest BCUT2D eigenvalue weighted by Gasteiger charge is 2.13. The first kappa shape index (κ1) is 14.0. The SMILES string of the molecule is C=C(C)CC(NCCC)c1ccccc1CC. The van der Waals surface area contributed by atoms with Gasteiger partial charge in [-0.05, 0) is 43.9 Å². The zero-order valence-corrected chi connectivity index (χ0v) is 11.4. The predicted octanol–water partition coefficient (Wildman–Crippen LogP) is 4.26. The zero-order chi connectivity index (χ0) is 12.7. The summed E-state index contributed by atoms with van der Waals surface area (Å²) in [5, 5.41) is 3.63. The van der Waals surface area contributed by atoms with Crippen LogP contribution in [0.4, 0.5) is 0 Å². The molecule has 0 aliphatic carbocycles. The Morgan fingerprint density at radius 2 is 2.00 bits per heavy atom. The van der Waals surface area contributed by atoms with Gasteiger partial charge in [-0.1, -0.05) is 43.7 Å². The molecule has 0 saturated heterocycles. The van der Waals surface area contributed by atoms with Crippen LogP contribution < -0.4 is 5.32 Å². The standard InChI is InChI=1S/C16H25N/c1-5-11-17-16(12-13(3)4)15-10-8-7-9-14(15)6-2/h7-10,16-17H,3,5-6,11-12H2,1-2,4H3. The molecule has 0 radical (unpaired) electrons. The molecule has 1 unspecified atom stereocenters. The van der Waals surface area contributed by atoms with Gasteiger partial charge >= 0.3 is 0 Å². The highest BCUT2D eigenvalue weighted by atomic mass is 14.9. The number of aryl methyl sites for hydroxylation is 1. The van der Waals surface area contributed by atoms with Crippen molar-refractivity contribution in [3.05, 3.63) is 47.5 Å². The minimum atomic E-state index is 0.420. The van der Waals surface area contributed by atoms with E-state index in [1.54, 1.807) is 0 Å². The molecule has 1 rings (SSSR count). The van der Waals surface area contributed by atoms with Crippen LogP contribution in [-0.4, -0.2) is 6.54 Å². The maximum atomic E-state index is 4.04. The monoisotopic (exact) mass is 231 g/mol. The summed E-state index contributed by atoms with van der Waals surface area (Å²) < 4.78 is 0. The largest absolute Gasteiger partial charge is 0.310 e. The van der Waals surface area contributed by atoms with Crippen LogP contribution in [0.3, 0.4) is 0 Å². The summed E-state index contributed by atoms with van der Waals surface area (Å²) in [7, 11) is 0. The molecule has 1 nitrogen and oxygen atoms in total. The predicted molar refractivity (Wildman–Crippen MR) is 76.3 cm³/mol. The summed E-state index contributed by atoms with van der Waals surface area (Å²) in [5.41, 5.74) is 4.12. The van der Waals surface area contributed by atoms with E-state index in [9.17, 15) is 0 Å². The second kappa shape index (κ2) is 7.29. The molecule has 94 valence electrons. The normalized spacial score (nSPS) is 12.4. The molecular formula is C16H25N. The first-order valence-electron chi connectivity index (χ1n) is 6.64. The van der Waals surface area contributed by atoms with E-state index in [1.165, 1.54) is 23.1 Å². The average Bonchev–Trinajstić information content (AvgIpc) is 2.34. The molecule has 0 fully saturated rings. The Morgan fingerprint density at radius 1 is 1.29 bits per heavy atom. The van der Waals surface area contributed by atoms with Crippen LogP contribution in [0.1, 0.15) is 50.8 Å². The first-order chi connectivity index (χ1) is 8.19. The van der Waals surface area contributed by atoms with Crippen molar-refractivity contribution in [3.8, 4) is 0 Å². The third-order valence-corrected chi connectivity index (χ3v) is 3.00.